The molecule has 0 aliphatic carbocycles. The first kappa shape index (κ1) is 14.5. The molecule has 5 nitrogen and oxygen atoms in total. The minimum Gasteiger partial charge on any atom is -0.340 e. The molecule has 1 amide bonds. The maximum atomic E-state index is 12.4. The number of amides is 1. The second-order valence-corrected chi connectivity index (χ2v) is 5.64. The highest BCUT2D eigenvalue weighted by Gasteiger charge is 2.27. The Hall–Kier alpha value is -2.43. The molecule has 1 fully saturated rings. The Morgan fingerprint density at radius 3 is 2.86 bits per heavy atom. The predicted molar refractivity (Wildman–Crippen MR) is 86.8 cm³/mol. The third kappa shape index (κ3) is 3.42. The molecular formula is C17H20N4O. The molecule has 5 heteroatoms. The lowest BCUT2D eigenvalue weighted by atomic mass is 9.97. The first-order chi connectivity index (χ1) is 10.7. The van der Waals surface area contributed by atoms with Crippen LogP contribution in [0.25, 0.3) is 0 Å². The third-order valence-electron chi connectivity index (χ3n) is 3.90. The molecule has 2 heterocycles. The van der Waals surface area contributed by atoms with Crippen LogP contribution in [0.4, 0.5) is 11.6 Å². The number of hydrogen-bond donors (Lipinski definition) is 1. The van der Waals surface area contributed by atoms with E-state index in [1.165, 1.54) is 0 Å². The summed E-state index contributed by atoms with van der Waals surface area (Å²) in [5.74, 6) is 0.763. The van der Waals surface area contributed by atoms with E-state index in [1.54, 1.807) is 6.20 Å². The number of hydrogen-bond acceptors (Lipinski definition) is 4. The highest BCUT2D eigenvalue weighted by molar-refractivity contribution is 5.93. The molecule has 1 atom stereocenters. The number of rotatable bonds is 3. The molecule has 1 aliphatic rings. The molecule has 2 aromatic rings. The summed E-state index contributed by atoms with van der Waals surface area (Å²) >= 11 is 0. The number of aromatic nitrogens is 2. The van der Waals surface area contributed by atoms with Gasteiger partial charge in [0.25, 0.3) is 0 Å². The van der Waals surface area contributed by atoms with Crippen LogP contribution in [0.1, 0.15) is 18.5 Å². The Balaban J connectivity index is 1.66. The van der Waals surface area contributed by atoms with Gasteiger partial charge in [0.05, 0.1) is 5.92 Å². The van der Waals surface area contributed by atoms with Crippen LogP contribution in [0, 0.1) is 12.8 Å². The maximum absolute atomic E-state index is 12.4. The summed E-state index contributed by atoms with van der Waals surface area (Å²) in [6.07, 6.45) is 3.65. The van der Waals surface area contributed by atoms with E-state index in [0.717, 1.165) is 36.7 Å². The van der Waals surface area contributed by atoms with Crippen molar-refractivity contribution in [3.63, 3.8) is 0 Å². The molecule has 1 N–H and O–H groups in total. The smallest absolute Gasteiger partial charge is 0.229 e. The first-order valence-electron chi connectivity index (χ1n) is 7.63. The zero-order valence-electron chi connectivity index (χ0n) is 12.7. The Bertz CT molecular complexity index is 644. The Labute approximate surface area is 130 Å². The lowest BCUT2D eigenvalue weighted by Crippen LogP contribution is -2.41. The highest BCUT2D eigenvalue weighted by atomic mass is 16.1. The molecule has 0 radical (unpaired) electrons. The number of nitrogens with zero attached hydrogens (tertiary/aromatic N) is 3. The van der Waals surface area contributed by atoms with Gasteiger partial charge >= 0.3 is 0 Å². The number of aryl methyl sites for hydroxylation is 1. The SMILES string of the molecule is Cc1ccnc(N2CCC[C@H](C(=O)Nc3ccccc3)C2)n1. The van der Waals surface area contributed by atoms with Crippen molar-refractivity contribution in [3.8, 4) is 0 Å². The van der Waals surface area contributed by atoms with Crippen LogP contribution in [0.15, 0.2) is 42.6 Å². The van der Waals surface area contributed by atoms with Crippen LogP contribution in [0.5, 0.6) is 0 Å². The van der Waals surface area contributed by atoms with E-state index in [0.29, 0.717) is 6.54 Å². The second-order valence-electron chi connectivity index (χ2n) is 5.64. The van der Waals surface area contributed by atoms with Crippen molar-refractivity contribution >= 4 is 17.5 Å². The topological polar surface area (TPSA) is 58.1 Å². The van der Waals surface area contributed by atoms with Gasteiger partial charge in [0.15, 0.2) is 0 Å². The van der Waals surface area contributed by atoms with E-state index in [2.05, 4.69) is 20.2 Å². The fraction of sp³-hybridized carbons (Fsp3) is 0.353. The molecule has 0 saturated carbocycles. The van der Waals surface area contributed by atoms with E-state index < -0.39 is 0 Å². The van der Waals surface area contributed by atoms with Crippen LogP contribution in [0.2, 0.25) is 0 Å². The van der Waals surface area contributed by atoms with E-state index in [9.17, 15) is 4.79 Å². The predicted octanol–water partition coefficient (Wildman–Crippen LogP) is 2.64. The standard InChI is InChI=1S/C17H20N4O/c1-13-9-10-18-17(19-13)21-11-5-6-14(12-21)16(22)20-15-7-3-2-4-8-15/h2-4,7-10,14H,5-6,11-12H2,1H3,(H,20,22)/t14-/m0/s1. The van der Waals surface area contributed by atoms with Gasteiger partial charge in [0.1, 0.15) is 0 Å². The number of piperidine rings is 1. The fourth-order valence-corrected chi connectivity index (χ4v) is 2.73. The van der Waals surface area contributed by atoms with Crippen LogP contribution in [-0.2, 0) is 4.79 Å². The maximum Gasteiger partial charge on any atom is 0.229 e. The molecule has 1 aliphatic heterocycles. The zero-order chi connectivity index (χ0) is 15.4. The molecule has 0 spiro atoms. The van der Waals surface area contributed by atoms with Gasteiger partial charge in [0, 0.05) is 30.7 Å². The third-order valence-corrected chi connectivity index (χ3v) is 3.90. The Morgan fingerprint density at radius 1 is 1.27 bits per heavy atom. The number of benzene rings is 1. The van der Waals surface area contributed by atoms with Gasteiger partial charge in [-0.25, -0.2) is 9.97 Å². The summed E-state index contributed by atoms with van der Waals surface area (Å²) in [4.78, 5) is 23.3. The summed E-state index contributed by atoms with van der Waals surface area (Å²) in [7, 11) is 0. The van der Waals surface area contributed by atoms with Gasteiger partial charge in [-0.2, -0.15) is 0 Å². The van der Waals surface area contributed by atoms with Crippen molar-refractivity contribution < 1.29 is 4.79 Å². The molecular weight excluding hydrogens is 276 g/mol. The average molecular weight is 296 g/mol. The number of carbonyl (C=O) groups is 1. The summed E-state index contributed by atoms with van der Waals surface area (Å²) in [5.41, 5.74) is 1.79. The molecule has 3 rings (SSSR count). The van der Waals surface area contributed by atoms with Crippen molar-refractivity contribution in [2.45, 2.75) is 19.8 Å². The van der Waals surface area contributed by atoms with Crippen molar-refractivity contribution in [1.29, 1.82) is 0 Å². The van der Waals surface area contributed by atoms with Crippen molar-refractivity contribution in [2.24, 2.45) is 5.92 Å². The van der Waals surface area contributed by atoms with E-state index in [-0.39, 0.29) is 11.8 Å². The largest absolute Gasteiger partial charge is 0.340 e. The van der Waals surface area contributed by atoms with Gasteiger partial charge in [-0.3, -0.25) is 4.79 Å². The molecule has 1 aromatic heterocycles. The van der Waals surface area contributed by atoms with Crippen LogP contribution in [0.3, 0.4) is 0 Å². The zero-order valence-corrected chi connectivity index (χ0v) is 12.7. The van der Waals surface area contributed by atoms with Crippen LogP contribution >= 0.6 is 0 Å². The normalized spacial score (nSPS) is 18.0. The Kier molecular flexibility index (Phi) is 4.32. The Morgan fingerprint density at radius 2 is 2.09 bits per heavy atom. The van der Waals surface area contributed by atoms with Crippen LogP contribution < -0.4 is 10.2 Å². The highest BCUT2D eigenvalue weighted by Crippen LogP contribution is 2.21. The minimum absolute atomic E-state index is 0.0296. The minimum atomic E-state index is -0.0296. The van der Waals surface area contributed by atoms with Crippen molar-refractivity contribution in [3.05, 3.63) is 48.3 Å². The first-order valence-corrected chi connectivity index (χ1v) is 7.63. The van der Waals surface area contributed by atoms with E-state index in [1.807, 2.05) is 43.3 Å². The molecule has 114 valence electrons. The van der Waals surface area contributed by atoms with Gasteiger partial charge in [-0.05, 0) is 38.0 Å². The molecule has 0 unspecified atom stereocenters. The molecule has 1 aromatic carbocycles. The summed E-state index contributed by atoms with van der Waals surface area (Å²) in [5, 5.41) is 2.99. The second kappa shape index (κ2) is 6.56. The number of nitrogens with one attached hydrogen (secondary N) is 1. The number of para-hydroxylation sites is 1. The lowest BCUT2D eigenvalue weighted by molar-refractivity contribution is -0.120. The molecule has 1 saturated heterocycles. The summed E-state index contributed by atoms with van der Waals surface area (Å²) < 4.78 is 0. The van der Waals surface area contributed by atoms with Gasteiger partial charge in [-0.15, -0.1) is 0 Å². The van der Waals surface area contributed by atoms with Crippen molar-refractivity contribution in [1.82, 2.24) is 9.97 Å². The van der Waals surface area contributed by atoms with Gasteiger partial charge in [0.2, 0.25) is 11.9 Å². The molecule has 0 bridgehead atoms. The quantitative estimate of drug-likeness (QED) is 0.946. The fourth-order valence-electron chi connectivity index (χ4n) is 2.73. The van der Waals surface area contributed by atoms with Gasteiger partial charge in [-0.1, -0.05) is 18.2 Å². The van der Waals surface area contributed by atoms with Crippen molar-refractivity contribution in [2.75, 3.05) is 23.3 Å². The van der Waals surface area contributed by atoms with E-state index >= 15 is 0 Å². The molecule has 22 heavy (non-hydrogen) atoms. The monoisotopic (exact) mass is 296 g/mol. The van der Waals surface area contributed by atoms with Crippen LogP contribution in [-0.4, -0.2) is 29.0 Å². The average Bonchev–Trinajstić information content (AvgIpc) is 2.56. The number of carbonyl (C=O) groups excluding carboxylic acids is 1. The van der Waals surface area contributed by atoms with E-state index in [4.69, 9.17) is 0 Å². The summed E-state index contributed by atoms with van der Waals surface area (Å²) in [6, 6.07) is 11.5. The number of anilines is 2. The van der Waals surface area contributed by atoms with Gasteiger partial charge < -0.3 is 10.2 Å². The summed E-state index contributed by atoms with van der Waals surface area (Å²) in [6.45, 7) is 3.52. The lowest BCUT2D eigenvalue weighted by Gasteiger charge is -2.32.